The van der Waals surface area contributed by atoms with E-state index in [0.717, 1.165) is 12.8 Å². The molecule has 0 radical (unpaired) electrons. The Balaban J connectivity index is 1.59. The van der Waals surface area contributed by atoms with Crippen LogP contribution in [0.5, 0.6) is 0 Å². The van der Waals surface area contributed by atoms with Crippen molar-refractivity contribution in [3.8, 4) is 0 Å². The van der Waals surface area contributed by atoms with Crippen LogP contribution in [-0.4, -0.2) is 0 Å². The van der Waals surface area contributed by atoms with Crippen molar-refractivity contribution < 1.29 is 0 Å². The van der Waals surface area contributed by atoms with Crippen molar-refractivity contribution in [1.29, 1.82) is 0 Å². The van der Waals surface area contributed by atoms with Gasteiger partial charge in [-0.1, -0.05) is 74.9 Å². The Labute approximate surface area is 195 Å². The Bertz CT molecular complexity index is 1410. The van der Waals surface area contributed by atoms with E-state index in [4.69, 9.17) is 0 Å². The molecule has 0 saturated carbocycles. The zero-order valence-electron chi connectivity index (χ0n) is 19.1. The summed E-state index contributed by atoms with van der Waals surface area (Å²) in [6, 6.07) is 15.8. The highest BCUT2D eigenvalue weighted by Gasteiger charge is 2.25. The summed E-state index contributed by atoms with van der Waals surface area (Å²) in [5, 5.41) is 2.80. The first-order valence-electron chi connectivity index (χ1n) is 12.3. The van der Waals surface area contributed by atoms with Crippen LogP contribution in [0.2, 0.25) is 0 Å². The van der Waals surface area contributed by atoms with E-state index >= 15 is 0 Å². The highest BCUT2D eigenvalue weighted by atomic mass is 32.1. The number of rotatable bonds is 4. The molecular formula is C31H30S. The Morgan fingerprint density at radius 3 is 2.53 bits per heavy atom. The van der Waals surface area contributed by atoms with Gasteiger partial charge in [-0.25, -0.2) is 0 Å². The van der Waals surface area contributed by atoms with Gasteiger partial charge in [0.2, 0.25) is 0 Å². The standard InChI is InChI=1S/C31H30S/c1-3-10-23-21(4-2)24-11-5-6-12-25(24)29-19-20(17-18-26(23)29)22-14-9-15-28-27-13-7-8-16-30(27)32-31(22)28/h6-9,12-16,19H,3-5,10-11,17-18H2,1-2H3. The first kappa shape index (κ1) is 20.0. The monoisotopic (exact) mass is 434 g/mol. The minimum atomic E-state index is 1.14. The van der Waals surface area contributed by atoms with Gasteiger partial charge in [0, 0.05) is 20.2 Å². The van der Waals surface area contributed by atoms with Gasteiger partial charge in [-0.15, -0.1) is 11.3 Å². The molecular weight excluding hydrogens is 404 g/mol. The average molecular weight is 435 g/mol. The zero-order valence-corrected chi connectivity index (χ0v) is 19.9. The van der Waals surface area contributed by atoms with Gasteiger partial charge in [0.1, 0.15) is 0 Å². The molecule has 0 amide bonds. The molecule has 0 unspecified atom stereocenters. The predicted molar refractivity (Wildman–Crippen MR) is 143 cm³/mol. The summed E-state index contributed by atoms with van der Waals surface area (Å²) in [5.74, 6) is 0. The van der Waals surface area contributed by atoms with Crippen LogP contribution in [0.4, 0.5) is 0 Å². The van der Waals surface area contributed by atoms with Crippen LogP contribution in [0.3, 0.4) is 0 Å². The molecule has 2 aliphatic carbocycles. The fourth-order valence-electron chi connectivity index (χ4n) is 6.07. The normalized spacial score (nSPS) is 15.1. The summed E-state index contributed by atoms with van der Waals surface area (Å²) in [6.07, 6.45) is 15.7. The maximum Gasteiger partial charge on any atom is 0.0430 e. The van der Waals surface area contributed by atoms with E-state index in [2.05, 4.69) is 74.5 Å². The van der Waals surface area contributed by atoms with Gasteiger partial charge in [-0.3, -0.25) is 0 Å². The Hall–Kier alpha value is -2.64. The summed E-state index contributed by atoms with van der Waals surface area (Å²) in [4.78, 5) is 0. The topological polar surface area (TPSA) is 0 Å². The SMILES string of the molecule is CCCc1c2c(c3c(c1CC)CCC=C3)C=C(c1cccc3c1sc1ccccc13)CC2. The Morgan fingerprint density at radius 1 is 0.812 bits per heavy atom. The van der Waals surface area contributed by atoms with Gasteiger partial charge in [0.15, 0.2) is 0 Å². The molecule has 1 heteroatoms. The van der Waals surface area contributed by atoms with Gasteiger partial charge in [-0.05, 0) is 89.1 Å². The van der Waals surface area contributed by atoms with E-state index in [1.807, 2.05) is 11.3 Å². The molecule has 1 aromatic heterocycles. The van der Waals surface area contributed by atoms with Gasteiger partial charge in [0.25, 0.3) is 0 Å². The molecule has 32 heavy (non-hydrogen) atoms. The minimum absolute atomic E-state index is 1.14. The lowest BCUT2D eigenvalue weighted by Gasteiger charge is -2.29. The third-order valence-electron chi connectivity index (χ3n) is 7.45. The Kier molecular flexibility index (Phi) is 5.03. The molecule has 0 atom stereocenters. The fraction of sp³-hybridized carbons (Fsp3) is 0.290. The molecule has 0 saturated heterocycles. The van der Waals surface area contributed by atoms with Crippen molar-refractivity contribution in [1.82, 2.24) is 0 Å². The first-order chi connectivity index (χ1) is 15.8. The van der Waals surface area contributed by atoms with Crippen LogP contribution in [0.25, 0.3) is 37.9 Å². The number of hydrogen-bond donors (Lipinski definition) is 0. The van der Waals surface area contributed by atoms with Crippen LogP contribution in [0.15, 0.2) is 48.5 Å². The fourth-order valence-corrected chi connectivity index (χ4v) is 7.32. The van der Waals surface area contributed by atoms with Crippen LogP contribution in [0.1, 0.15) is 72.1 Å². The average Bonchev–Trinajstić information content (AvgIpc) is 3.23. The lowest BCUT2D eigenvalue weighted by atomic mass is 9.76. The number of allylic oxidation sites excluding steroid dienone is 2. The Morgan fingerprint density at radius 2 is 1.66 bits per heavy atom. The molecule has 0 spiro atoms. The lowest BCUT2D eigenvalue weighted by Crippen LogP contribution is -2.14. The summed E-state index contributed by atoms with van der Waals surface area (Å²) >= 11 is 1.95. The van der Waals surface area contributed by atoms with Gasteiger partial charge < -0.3 is 0 Å². The van der Waals surface area contributed by atoms with Crippen LogP contribution in [0, 0.1) is 0 Å². The molecule has 3 aromatic carbocycles. The van der Waals surface area contributed by atoms with Gasteiger partial charge in [0.05, 0.1) is 0 Å². The summed E-state index contributed by atoms with van der Waals surface area (Å²) in [5.41, 5.74) is 12.6. The highest BCUT2D eigenvalue weighted by Crippen LogP contribution is 2.44. The van der Waals surface area contributed by atoms with Crippen LogP contribution >= 0.6 is 11.3 Å². The molecule has 0 nitrogen and oxygen atoms in total. The number of benzene rings is 3. The maximum absolute atomic E-state index is 2.56. The molecule has 0 N–H and O–H groups in total. The maximum atomic E-state index is 2.56. The third-order valence-corrected chi connectivity index (χ3v) is 8.67. The van der Waals surface area contributed by atoms with E-state index in [1.54, 1.807) is 22.3 Å². The van der Waals surface area contributed by atoms with E-state index in [-0.39, 0.29) is 0 Å². The number of thiophene rings is 1. The predicted octanol–water partition coefficient (Wildman–Crippen LogP) is 9.02. The highest BCUT2D eigenvalue weighted by molar-refractivity contribution is 7.26. The van der Waals surface area contributed by atoms with E-state index in [1.165, 1.54) is 74.5 Å². The molecule has 2 aliphatic rings. The van der Waals surface area contributed by atoms with Crippen molar-refractivity contribution in [3.63, 3.8) is 0 Å². The van der Waals surface area contributed by atoms with Gasteiger partial charge >= 0.3 is 0 Å². The second-order valence-corrected chi connectivity index (χ2v) is 10.3. The van der Waals surface area contributed by atoms with E-state index < -0.39 is 0 Å². The quantitative estimate of drug-likeness (QED) is 0.300. The number of fused-ring (bicyclic) bond motifs is 6. The first-order valence-corrected chi connectivity index (χ1v) is 13.1. The summed E-state index contributed by atoms with van der Waals surface area (Å²) in [6.45, 7) is 4.68. The third kappa shape index (κ3) is 3.02. The second kappa shape index (κ2) is 8.05. The molecule has 6 rings (SSSR count). The molecule has 0 fully saturated rings. The minimum Gasteiger partial charge on any atom is -0.135 e. The smallest absolute Gasteiger partial charge is 0.0430 e. The van der Waals surface area contributed by atoms with Crippen molar-refractivity contribution in [2.24, 2.45) is 0 Å². The molecule has 1 heterocycles. The van der Waals surface area contributed by atoms with Gasteiger partial charge in [-0.2, -0.15) is 0 Å². The largest absolute Gasteiger partial charge is 0.135 e. The molecule has 0 aliphatic heterocycles. The summed E-state index contributed by atoms with van der Waals surface area (Å²) in [7, 11) is 0. The van der Waals surface area contributed by atoms with Crippen molar-refractivity contribution in [2.75, 3.05) is 0 Å². The van der Waals surface area contributed by atoms with Crippen molar-refractivity contribution in [2.45, 2.75) is 58.8 Å². The lowest BCUT2D eigenvalue weighted by molar-refractivity contribution is 0.839. The van der Waals surface area contributed by atoms with Crippen LogP contribution in [-0.2, 0) is 25.7 Å². The van der Waals surface area contributed by atoms with E-state index in [9.17, 15) is 0 Å². The molecule has 0 bridgehead atoms. The second-order valence-electron chi connectivity index (χ2n) is 9.24. The number of hydrogen-bond acceptors (Lipinski definition) is 1. The van der Waals surface area contributed by atoms with E-state index in [0.29, 0.717) is 0 Å². The van der Waals surface area contributed by atoms with Crippen molar-refractivity contribution >= 4 is 49.2 Å². The summed E-state index contributed by atoms with van der Waals surface area (Å²) < 4.78 is 2.84. The molecule has 160 valence electrons. The van der Waals surface area contributed by atoms with Crippen LogP contribution < -0.4 is 0 Å². The molecule has 4 aromatic rings. The zero-order chi connectivity index (χ0) is 21.7. The van der Waals surface area contributed by atoms with Crippen molar-refractivity contribution in [3.05, 3.63) is 87.5 Å².